The fourth-order valence-electron chi connectivity index (χ4n) is 2.48. The Morgan fingerprint density at radius 3 is 2.62 bits per heavy atom. The summed E-state index contributed by atoms with van der Waals surface area (Å²) in [6, 6.07) is 4.98. The van der Waals surface area contributed by atoms with Crippen LogP contribution in [0.25, 0.3) is 0 Å². The van der Waals surface area contributed by atoms with Gasteiger partial charge in [0.1, 0.15) is 5.60 Å². The van der Waals surface area contributed by atoms with Gasteiger partial charge in [0.05, 0.1) is 12.7 Å². The Hall–Kier alpha value is -2.57. The maximum absolute atomic E-state index is 12.4. The lowest BCUT2D eigenvalue weighted by molar-refractivity contribution is 0.0515. The van der Waals surface area contributed by atoms with Gasteiger partial charge in [0.2, 0.25) is 0 Å². The van der Waals surface area contributed by atoms with E-state index in [-0.39, 0.29) is 12.5 Å². The van der Waals surface area contributed by atoms with E-state index >= 15 is 0 Å². The van der Waals surface area contributed by atoms with Crippen molar-refractivity contribution in [1.29, 1.82) is 0 Å². The summed E-state index contributed by atoms with van der Waals surface area (Å²) in [7, 11) is 1.31. The first kappa shape index (κ1) is 17.8. The number of benzene rings is 1. The van der Waals surface area contributed by atoms with E-state index in [1.54, 1.807) is 43.9 Å². The lowest BCUT2D eigenvalue weighted by Crippen LogP contribution is -2.38. The molecule has 0 aromatic heterocycles. The number of fused-ring (bicyclic) bond motifs is 1. The van der Waals surface area contributed by atoms with E-state index in [1.807, 2.05) is 0 Å². The number of nitrogens with zero attached hydrogens (tertiary/aromatic N) is 1. The summed E-state index contributed by atoms with van der Waals surface area (Å²) in [6.07, 6.45) is -0.526. The third-order valence-electron chi connectivity index (χ3n) is 3.50. The van der Waals surface area contributed by atoms with Gasteiger partial charge in [-0.3, -0.25) is 4.79 Å². The van der Waals surface area contributed by atoms with Crippen molar-refractivity contribution < 1.29 is 23.9 Å². The molecule has 0 bridgehead atoms. The molecule has 2 rings (SSSR count). The smallest absolute Gasteiger partial charge is 0.407 e. The summed E-state index contributed by atoms with van der Waals surface area (Å²) < 4.78 is 9.89. The number of methoxy groups -OCH3 is 1. The van der Waals surface area contributed by atoms with Crippen LogP contribution in [-0.2, 0) is 16.0 Å². The number of nitrogens with one attached hydrogen (secondary N) is 1. The van der Waals surface area contributed by atoms with Crippen LogP contribution in [0.1, 0.15) is 47.1 Å². The third-order valence-corrected chi connectivity index (χ3v) is 3.50. The van der Waals surface area contributed by atoms with Gasteiger partial charge in [-0.15, -0.1) is 0 Å². The van der Waals surface area contributed by atoms with Gasteiger partial charge >= 0.3 is 12.1 Å². The molecule has 1 aliphatic rings. The fourth-order valence-corrected chi connectivity index (χ4v) is 2.48. The zero-order chi connectivity index (χ0) is 17.9. The Labute approximate surface area is 140 Å². The van der Waals surface area contributed by atoms with Gasteiger partial charge in [0.25, 0.3) is 5.91 Å². The Bertz CT molecular complexity index is 663. The number of carbonyl (C=O) groups excluding carboxylic acids is 3. The van der Waals surface area contributed by atoms with Crippen molar-refractivity contribution in [3.8, 4) is 0 Å². The average Bonchev–Trinajstić information content (AvgIpc) is 2.81. The van der Waals surface area contributed by atoms with Crippen molar-refractivity contribution >= 4 is 18.0 Å². The van der Waals surface area contributed by atoms with Crippen LogP contribution in [0.4, 0.5) is 4.79 Å². The van der Waals surface area contributed by atoms with Crippen molar-refractivity contribution in [2.24, 2.45) is 0 Å². The van der Waals surface area contributed by atoms with Crippen molar-refractivity contribution in [1.82, 2.24) is 10.2 Å². The van der Waals surface area contributed by atoms with E-state index in [2.05, 4.69) is 5.32 Å². The van der Waals surface area contributed by atoms with E-state index in [0.717, 1.165) is 0 Å². The topological polar surface area (TPSA) is 84.9 Å². The molecular formula is C17H22N2O5. The average molecular weight is 334 g/mol. The summed E-state index contributed by atoms with van der Waals surface area (Å²) in [4.78, 5) is 37.4. The number of hydrogen-bond donors (Lipinski definition) is 1. The maximum Gasteiger partial charge on any atom is 0.407 e. The number of rotatable bonds is 4. The van der Waals surface area contributed by atoms with Gasteiger partial charge in [-0.25, -0.2) is 9.59 Å². The largest absolute Gasteiger partial charge is 0.465 e. The summed E-state index contributed by atoms with van der Waals surface area (Å²) in [6.45, 7) is 6.25. The lowest BCUT2D eigenvalue weighted by Gasteiger charge is -2.21. The van der Waals surface area contributed by atoms with E-state index in [1.165, 1.54) is 7.11 Å². The molecular weight excluding hydrogens is 312 g/mol. The molecule has 0 unspecified atom stereocenters. The number of alkyl carbamates (subject to hydrolysis) is 1. The molecule has 0 aliphatic carbocycles. The van der Waals surface area contributed by atoms with Crippen LogP contribution in [0.15, 0.2) is 18.2 Å². The number of hydrogen-bond acceptors (Lipinski definition) is 5. The molecule has 0 radical (unpaired) electrons. The Morgan fingerprint density at radius 1 is 1.29 bits per heavy atom. The minimum Gasteiger partial charge on any atom is -0.465 e. The van der Waals surface area contributed by atoms with Gasteiger partial charge in [-0.2, -0.15) is 0 Å². The SMILES string of the molecule is COC(=O)c1cccc2c1CN(CCNC(=O)OC(C)(C)C)C2=O. The molecule has 7 heteroatoms. The maximum atomic E-state index is 12.4. The molecule has 0 fully saturated rings. The van der Waals surface area contributed by atoms with Gasteiger partial charge in [-0.1, -0.05) is 6.07 Å². The van der Waals surface area contributed by atoms with Crippen LogP contribution in [0.5, 0.6) is 0 Å². The van der Waals surface area contributed by atoms with E-state index in [9.17, 15) is 14.4 Å². The van der Waals surface area contributed by atoms with E-state index in [0.29, 0.717) is 29.8 Å². The lowest BCUT2D eigenvalue weighted by atomic mass is 10.0. The van der Waals surface area contributed by atoms with Crippen LogP contribution < -0.4 is 5.32 Å². The number of carbonyl (C=O) groups is 3. The summed E-state index contributed by atoms with van der Waals surface area (Å²) in [5.41, 5.74) is 0.979. The molecule has 1 N–H and O–H groups in total. The first-order chi connectivity index (χ1) is 11.2. The Kier molecular flexibility index (Phi) is 5.11. The highest BCUT2D eigenvalue weighted by Crippen LogP contribution is 2.26. The number of ether oxygens (including phenoxy) is 2. The molecule has 1 heterocycles. The Balaban J connectivity index is 1.97. The standard InChI is InChI=1S/C17H22N2O5/c1-17(2,3)24-16(22)18-8-9-19-10-13-11(14(19)20)6-5-7-12(13)15(21)23-4/h5-7H,8-10H2,1-4H3,(H,18,22). The summed E-state index contributed by atoms with van der Waals surface area (Å²) in [5.74, 6) is -0.630. The minimum absolute atomic E-state index is 0.165. The molecule has 1 aliphatic heterocycles. The van der Waals surface area contributed by atoms with Crippen molar-refractivity contribution in [3.63, 3.8) is 0 Å². The van der Waals surface area contributed by atoms with Crippen LogP contribution in [-0.4, -0.2) is 48.7 Å². The third kappa shape index (κ3) is 4.04. The van der Waals surface area contributed by atoms with Gasteiger partial charge in [-0.05, 0) is 38.5 Å². The van der Waals surface area contributed by atoms with Crippen molar-refractivity contribution in [3.05, 3.63) is 34.9 Å². The molecule has 0 saturated heterocycles. The van der Waals surface area contributed by atoms with Crippen molar-refractivity contribution in [2.75, 3.05) is 20.2 Å². The normalized spacial score (nSPS) is 13.5. The summed E-state index contributed by atoms with van der Waals surface area (Å²) in [5, 5.41) is 2.62. The first-order valence-corrected chi connectivity index (χ1v) is 7.69. The minimum atomic E-state index is -0.570. The first-order valence-electron chi connectivity index (χ1n) is 7.69. The van der Waals surface area contributed by atoms with Crippen LogP contribution in [0, 0.1) is 0 Å². The highest BCUT2D eigenvalue weighted by Gasteiger charge is 2.31. The van der Waals surface area contributed by atoms with Crippen molar-refractivity contribution in [2.45, 2.75) is 32.9 Å². The van der Waals surface area contributed by atoms with E-state index in [4.69, 9.17) is 9.47 Å². The molecule has 0 spiro atoms. The molecule has 0 atom stereocenters. The molecule has 0 saturated carbocycles. The van der Waals surface area contributed by atoms with Crippen LogP contribution in [0.2, 0.25) is 0 Å². The van der Waals surface area contributed by atoms with Crippen LogP contribution in [0.3, 0.4) is 0 Å². The number of esters is 1. The van der Waals surface area contributed by atoms with Gasteiger partial charge in [0, 0.05) is 25.2 Å². The predicted molar refractivity (Wildman–Crippen MR) is 86.8 cm³/mol. The molecule has 24 heavy (non-hydrogen) atoms. The second kappa shape index (κ2) is 6.90. The van der Waals surface area contributed by atoms with Gasteiger partial charge < -0.3 is 19.7 Å². The van der Waals surface area contributed by atoms with E-state index < -0.39 is 17.7 Å². The monoisotopic (exact) mass is 334 g/mol. The molecule has 130 valence electrons. The molecule has 2 amide bonds. The second-order valence-corrected chi connectivity index (χ2v) is 6.48. The second-order valence-electron chi connectivity index (χ2n) is 6.48. The Morgan fingerprint density at radius 2 is 2.00 bits per heavy atom. The molecule has 1 aromatic carbocycles. The summed E-state index contributed by atoms with van der Waals surface area (Å²) >= 11 is 0. The number of amides is 2. The highest BCUT2D eigenvalue weighted by atomic mass is 16.6. The van der Waals surface area contributed by atoms with Crippen LogP contribution >= 0.6 is 0 Å². The molecule has 7 nitrogen and oxygen atoms in total. The zero-order valence-electron chi connectivity index (χ0n) is 14.3. The quantitative estimate of drug-likeness (QED) is 0.851. The zero-order valence-corrected chi connectivity index (χ0v) is 14.3. The highest BCUT2D eigenvalue weighted by molar-refractivity contribution is 6.03. The molecule has 1 aromatic rings. The van der Waals surface area contributed by atoms with Gasteiger partial charge in [0.15, 0.2) is 0 Å². The predicted octanol–water partition coefficient (Wildman–Crippen LogP) is 1.95. The fraction of sp³-hybridized carbons (Fsp3) is 0.471.